The van der Waals surface area contributed by atoms with Crippen molar-refractivity contribution < 1.29 is 14.3 Å². The molecule has 0 amide bonds. The zero-order valence-corrected chi connectivity index (χ0v) is 13.8. The summed E-state index contributed by atoms with van der Waals surface area (Å²) in [6.45, 7) is 0. The molecule has 0 aliphatic carbocycles. The number of carbonyl (C=O) groups is 1. The zero-order valence-electron chi connectivity index (χ0n) is 13.8. The average molecular weight is 331 g/mol. The summed E-state index contributed by atoms with van der Waals surface area (Å²) in [6, 6.07) is 19.6. The monoisotopic (exact) mass is 331 g/mol. The van der Waals surface area contributed by atoms with Crippen LogP contribution in [0.3, 0.4) is 0 Å². The van der Waals surface area contributed by atoms with Crippen molar-refractivity contribution in [2.75, 3.05) is 7.11 Å². The lowest BCUT2D eigenvalue weighted by atomic mass is 9.95. The third-order valence-electron chi connectivity index (χ3n) is 4.02. The molecule has 1 heterocycles. The van der Waals surface area contributed by atoms with Crippen molar-refractivity contribution in [2.24, 2.45) is 0 Å². The first-order valence-electron chi connectivity index (χ1n) is 7.86. The van der Waals surface area contributed by atoms with Crippen LogP contribution in [0.1, 0.15) is 17.2 Å². The van der Waals surface area contributed by atoms with E-state index >= 15 is 0 Å². The molecular weight excluding hydrogens is 314 g/mol. The van der Waals surface area contributed by atoms with E-state index in [1.54, 1.807) is 12.3 Å². The van der Waals surface area contributed by atoms with Crippen molar-refractivity contribution in [3.8, 4) is 0 Å². The van der Waals surface area contributed by atoms with Gasteiger partial charge in [0.25, 0.3) is 0 Å². The second-order valence-corrected chi connectivity index (χ2v) is 5.53. The number of rotatable bonds is 4. The standard InChI is InChI=1S/C21H17NO3/c1-25-21(24)18-12-13-22(19(14-18)15-23)20(16-8-4-2-5-9-16)17-10-6-3-7-11-17/h2-14,20H,1H3. The Labute approximate surface area is 146 Å². The predicted octanol–water partition coefficient (Wildman–Crippen LogP) is 3.42. The molecule has 25 heavy (non-hydrogen) atoms. The van der Waals surface area contributed by atoms with E-state index < -0.39 is 5.97 Å². The molecule has 1 aliphatic rings. The molecule has 0 atom stereocenters. The number of methoxy groups -OCH3 is 1. The summed E-state index contributed by atoms with van der Waals surface area (Å²) in [5, 5.41) is 0. The van der Waals surface area contributed by atoms with Crippen molar-refractivity contribution in [1.82, 2.24) is 4.90 Å². The Kier molecular flexibility index (Phi) is 4.93. The Hall–Kier alpha value is -3.36. The van der Waals surface area contributed by atoms with Crippen LogP contribution < -0.4 is 0 Å². The minimum atomic E-state index is -0.486. The van der Waals surface area contributed by atoms with Gasteiger partial charge in [-0.1, -0.05) is 60.7 Å². The van der Waals surface area contributed by atoms with Crippen LogP contribution in [-0.2, 0) is 14.3 Å². The Morgan fingerprint density at radius 3 is 2.04 bits per heavy atom. The van der Waals surface area contributed by atoms with Crippen molar-refractivity contribution in [1.29, 1.82) is 0 Å². The molecule has 1 aliphatic heterocycles. The zero-order chi connectivity index (χ0) is 17.6. The molecule has 0 fully saturated rings. The summed E-state index contributed by atoms with van der Waals surface area (Å²) in [4.78, 5) is 25.1. The van der Waals surface area contributed by atoms with Crippen LogP contribution in [0.15, 0.2) is 90.3 Å². The van der Waals surface area contributed by atoms with Gasteiger partial charge in [0.15, 0.2) is 5.94 Å². The maximum Gasteiger partial charge on any atom is 0.338 e. The molecule has 0 aromatic heterocycles. The van der Waals surface area contributed by atoms with Gasteiger partial charge in [0.2, 0.25) is 0 Å². The van der Waals surface area contributed by atoms with Crippen LogP contribution in [0.4, 0.5) is 0 Å². The lowest BCUT2D eigenvalue weighted by molar-refractivity contribution is -0.135. The van der Waals surface area contributed by atoms with E-state index in [4.69, 9.17) is 4.74 Å². The molecule has 0 saturated carbocycles. The van der Waals surface area contributed by atoms with Gasteiger partial charge in [0.1, 0.15) is 5.70 Å². The van der Waals surface area contributed by atoms with E-state index in [9.17, 15) is 9.59 Å². The predicted molar refractivity (Wildman–Crippen MR) is 95.0 cm³/mol. The lowest BCUT2D eigenvalue weighted by Crippen LogP contribution is -2.26. The van der Waals surface area contributed by atoms with Crippen LogP contribution in [0.5, 0.6) is 0 Å². The minimum absolute atomic E-state index is 0.203. The molecule has 3 rings (SSSR count). The maximum atomic E-state index is 11.7. The van der Waals surface area contributed by atoms with E-state index in [0.717, 1.165) is 11.1 Å². The molecule has 0 radical (unpaired) electrons. The largest absolute Gasteiger partial charge is 0.465 e. The fourth-order valence-electron chi connectivity index (χ4n) is 2.85. The Morgan fingerprint density at radius 2 is 1.56 bits per heavy atom. The van der Waals surface area contributed by atoms with Gasteiger partial charge in [-0.15, -0.1) is 0 Å². The summed E-state index contributed by atoms with van der Waals surface area (Å²) in [6.07, 6.45) is 4.86. The summed E-state index contributed by atoms with van der Waals surface area (Å²) >= 11 is 0. The summed E-state index contributed by atoms with van der Waals surface area (Å²) in [5.74, 6) is 1.45. The Morgan fingerprint density at radius 1 is 1.00 bits per heavy atom. The van der Waals surface area contributed by atoms with Gasteiger partial charge in [-0.25, -0.2) is 9.59 Å². The van der Waals surface area contributed by atoms with E-state index in [1.807, 2.05) is 71.5 Å². The SMILES string of the molecule is COC(=O)C1=CC(=C=O)N(C(c2ccccc2)c2ccccc2)C=C1. The third-order valence-corrected chi connectivity index (χ3v) is 4.02. The number of ether oxygens (including phenoxy) is 1. The summed E-state index contributed by atoms with van der Waals surface area (Å²) in [5.41, 5.74) is 2.65. The first-order chi connectivity index (χ1) is 12.2. The highest BCUT2D eigenvalue weighted by Gasteiger charge is 2.26. The van der Waals surface area contributed by atoms with Crippen molar-refractivity contribution in [3.05, 3.63) is 101 Å². The van der Waals surface area contributed by atoms with Crippen LogP contribution in [-0.4, -0.2) is 23.9 Å². The second-order valence-electron chi connectivity index (χ2n) is 5.53. The first-order valence-corrected chi connectivity index (χ1v) is 7.86. The number of hydrogen-bond acceptors (Lipinski definition) is 4. The molecule has 4 heteroatoms. The number of hydrogen-bond donors (Lipinski definition) is 0. The fourth-order valence-corrected chi connectivity index (χ4v) is 2.85. The Bertz CT molecular complexity index is 823. The highest BCUT2D eigenvalue weighted by molar-refractivity contribution is 5.93. The van der Waals surface area contributed by atoms with Gasteiger partial charge in [-0.05, 0) is 23.3 Å². The smallest absolute Gasteiger partial charge is 0.338 e. The number of benzene rings is 2. The van der Waals surface area contributed by atoms with Gasteiger partial charge < -0.3 is 9.64 Å². The molecule has 2 aromatic rings. The molecular formula is C21H17NO3. The molecule has 0 unspecified atom stereocenters. The number of esters is 1. The van der Waals surface area contributed by atoms with Gasteiger partial charge >= 0.3 is 5.97 Å². The van der Waals surface area contributed by atoms with Crippen LogP contribution >= 0.6 is 0 Å². The van der Waals surface area contributed by atoms with Crippen molar-refractivity contribution in [2.45, 2.75) is 6.04 Å². The molecule has 2 aromatic carbocycles. The van der Waals surface area contributed by atoms with Crippen LogP contribution in [0, 0.1) is 0 Å². The van der Waals surface area contributed by atoms with Crippen LogP contribution in [0.25, 0.3) is 0 Å². The third kappa shape index (κ3) is 3.44. The highest BCUT2D eigenvalue weighted by atomic mass is 16.5. The normalized spacial score (nSPS) is 13.4. The molecule has 4 nitrogen and oxygen atoms in total. The number of allylic oxidation sites excluding steroid dienone is 1. The van der Waals surface area contributed by atoms with E-state index in [-0.39, 0.29) is 11.7 Å². The molecule has 0 N–H and O–H groups in total. The highest BCUT2D eigenvalue weighted by Crippen LogP contribution is 2.33. The van der Waals surface area contributed by atoms with E-state index in [0.29, 0.717) is 5.57 Å². The molecule has 0 saturated heterocycles. The van der Waals surface area contributed by atoms with Crippen molar-refractivity contribution >= 4 is 11.9 Å². The molecule has 0 spiro atoms. The second kappa shape index (κ2) is 7.47. The fraction of sp³-hybridized carbons (Fsp3) is 0.0952. The summed E-state index contributed by atoms with van der Waals surface area (Å²) in [7, 11) is 1.31. The number of carbonyl (C=O) groups excluding carboxylic acids is 2. The quantitative estimate of drug-likeness (QED) is 0.636. The minimum Gasteiger partial charge on any atom is -0.465 e. The molecule has 124 valence electrons. The molecule has 0 bridgehead atoms. The van der Waals surface area contributed by atoms with Gasteiger partial charge in [0.05, 0.1) is 18.7 Å². The average Bonchev–Trinajstić information content (AvgIpc) is 2.69. The van der Waals surface area contributed by atoms with Crippen molar-refractivity contribution in [3.63, 3.8) is 0 Å². The van der Waals surface area contributed by atoms with Gasteiger partial charge in [-0.2, -0.15) is 0 Å². The topological polar surface area (TPSA) is 46.6 Å². The van der Waals surface area contributed by atoms with Crippen LogP contribution in [0.2, 0.25) is 0 Å². The Balaban J connectivity index is 2.06. The maximum absolute atomic E-state index is 11.7. The lowest BCUT2D eigenvalue weighted by Gasteiger charge is -2.32. The first kappa shape index (κ1) is 16.5. The van der Waals surface area contributed by atoms with E-state index in [1.165, 1.54) is 13.2 Å². The number of nitrogens with zero attached hydrogens (tertiary/aromatic N) is 1. The summed E-state index contributed by atoms with van der Waals surface area (Å²) < 4.78 is 4.73. The van der Waals surface area contributed by atoms with Gasteiger partial charge in [0, 0.05) is 6.20 Å². The van der Waals surface area contributed by atoms with Gasteiger partial charge in [-0.3, -0.25) is 0 Å². The van der Waals surface area contributed by atoms with E-state index in [2.05, 4.69) is 0 Å².